The van der Waals surface area contributed by atoms with Gasteiger partial charge < -0.3 is 5.32 Å². The second-order valence-electron chi connectivity index (χ2n) is 6.42. The Morgan fingerprint density at radius 3 is 2.80 bits per heavy atom. The molecule has 25 heavy (non-hydrogen) atoms. The van der Waals surface area contributed by atoms with Crippen molar-refractivity contribution < 1.29 is 4.79 Å². The number of amides is 1. The number of hydrogen-bond acceptors (Lipinski definition) is 4. The Bertz CT molecular complexity index is 709. The van der Waals surface area contributed by atoms with Crippen LogP contribution in [-0.2, 0) is 4.79 Å². The Morgan fingerprint density at radius 2 is 2.08 bits per heavy atom. The van der Waals surface area contributed by atoms with Gasteiger partial charge in [-0.2, -0.15) is 5.10 Å². The van der Waals surface area contributed by atoms with Crippen LogP contribution < -0.4 is 5.32 Å². The molecule has 1 saturated heterocycles. The van der Waals surface area contributed by atoms with Gasteiger partial charge in [0.2, 0.25) is 5.91 Å². The van der Waals surface area contributed by atoms with Crippen molar-refractivity contribution in [2.75, 3.05) is 11.1 Å². The van der Waals surface area contributed by atoms with E-state index in [0.29, 0.717) is 6.42 Å². The SMILES string of the molecule is Cc1nn(-c2ccccc2)c(C)c1NC(=O)CCCCC1CCSS1. The Balaban J connectivity index is 1.53. The first-order chi connectivity index (χ1) is 12.1. The van der Waals surface area contributed by atoms with E-state index < -0.39 is 0 Å². The lowest BCUT2D eigenvalue weighted by Gasteiger charge is -2.08. The summed E-state index contributed by atoms with van der Waals surface area (Å²) >= 11 is 0. The molecule has 2 aromatic rings. The lowest BCUT2D eigenvalue weighted by molar-refractivity contribution is -0.116. The molecule has 4 nitrogen and oxygen atoms in total. The van der Waals surface area contributed by atoms with E-state index in [1.54, 1.807) is 0 Å². The zero-order valence-corrected chi connectivity index (χ0v) is 16.5. The van der Waals surface area contributed by atoms with Gasteiger partial charge in [0.15, 0.2) is 0 Å². The molecule has 1 N–H and O–H groups in total. The minimum Gasteiger partial charge on any atom is -0.323 e. The van der Waals surface area contributed by atoms with Gasteiger partial charge in [-0.1, -0.05) is 46.2 Å². The van der Waals surface area contributed by atoms with Crippen LogP contribution in [0.2, 0.25) is 0 Å². The second-order valence-corrected chi connectivity index (χ2v) is 9.20. The number of anilines is 1. The van der Waals surface area contributed by atoms with Crippen molar-refractivity contribution in [3.8, 4) is 5.69 Å². The van der Waals surface area contributed by atoms with Crippen LogP contribution in [0.5, 0.6) is 0 Å². The third-order valence-corrected chi connectivity index (χ3v) is 7.47. The molecule has 3 rings (SSSR count). The van der Waals surface area contributed by atoms with Gasteiger partial charge in [0.05, 0.1) is 22.8 Å². The van der Waals surface area contributed by atoms with Gasteiger partial charge in [-0.15, -0.1) is 0 Å². The van der Waals surface area contributed by atoms with Crippen LogP contribution >= 0.6 is 21.6 Å². The minimum atomic E-state index is 0.0901. The standard InChI is InChI=1S/C19H25N3OS2/c1-14-19(15(2)22(21-14)16-8-4-3-5-9-16)20-18(23)11-7-6-10-17-12-13-24-25-17/h3-5,8-9,17H,6-7,10-13H2,1-2H3,(H,20,23). The van der Waals surface area contributed by atoms with Crippen LogP contribution in [0.3, 0.4) is 0 Å². The molecule has 1 aromatic carbocycles. The largest absolute Gasteiger partial charge is 0.323 e. The summed E-state index contributed by atoms with van der Waals surface area (Å²) in [6, 6.07) is 10.0. The van der Waals surface area contributed by atoms with Gasteiger partial charge in [0, 0.05) is 17.4 Å². The number of nitrogens with one attached hydrogen (secondary N) is 1. The minimum absolute atomic E-state index is 0.0901. The number of aryl methyl sites for hydroxylation is 1. The predicted octanol–water partition coefficient (Wildman–Crippen LogP) is 5.14. The van der Waals surface area contributed by atoms with E-state index >= 15 is 0 Å². The summed E-state index contributed by atoms with van der Waals surface area (Å²) in [7, 11) is 3.99. The molecule has 1 aliphatic heterocycles. The summed E-state index contributed by atoms with van der Waals surface area (Å²) in [5, 5.41) is 8.44. The molecule has 0 spiro atoms. The van der Waals surface area contributed by atoms with Gasteiger partial charge in [-0.25, -0.2) is 4.68 Å². The van der Waals surface area contributed by atoms with Crippen LogP contribution in [0.15, 0.2) is 30.3 Å². The number of rotatable bonds is 7. The van der Waals surface area contributed by atoms with Crippen molar-refractivity contribution >= 4 is 33.2 Å². The van der Waals surface area contributed by atoms with Crippen LogP contribution in [0.25, 0.3) is 5.69 Å². The lowest BCUT2D eigenvalue weighted by Crippen LogP contribution is -2.12. The van der Waals surface area contributed by atoms with Crippen LogP contribution in [0.1, 0.15) is 43.5 Å². The molecule has 1 aromatic heterocycles. The summed E-state index contributed by atoms with van der Waals surface area (Å²) < 4.78 is 1.89. The van der Waals surface area contributed by atoms with Crippen LogP contribution in [-0.4, -0.2) is 26.7 Å². The van der Waals surface area contributed by atoms with E-state index in [1.165, 1.54) is 18.6 Å². The highest BCUT2D eigenvalue weighted by atomic mass is 33.1. The molecular formula is C19H25N3OS2. The molecule has 0 bridgehead atoms. The van der Waals surface area contributed by atoms with E-state index in [1.807, 2.05) is 70.4 Å². The quantitative estimate of drug-likeness (QED) is 0.537. The van der Waals surface area contributed by atoms with Crippen molar-refractivity contribution in [1.29, 1.82) is 0 Å². The van der Waals surface area contributed by atoms with E-state index in [0.717, 1.165) is 40.9 Å². The molecule has 1 aliphatic rings. The fourth-order valence-electron chi connectivity index (χ4n) is 3.07. The lowest BCUT2D eigenvalue weighted by atomic mass is 10.1. The average Bonchev–Trinajstić information content (AvgIpc) is 3.23. The molecule has 2 heterocycles. The number of para-hydroxylation sites is 1. The van der Waals surface area contributed by atoms with Crippen LogP contribution in [0, 0.1) is 13.8 Å². The maximum atomic E-state index is 12.3. The van der Waals surface area contributed by atoms with E-state index in [4.69, 9.17) is 0 Å². The number of carbonyl (C=O) groups is 1. The fourth-order valence-corrected chi connectivity index (χ4v) is 6.10. The summed E-state index contributed by atoms with van der Waals surface area (Å²) in [6.07, 6.45) is 5.22. The maximum Gasteiger partial charge on any atom is 0.224 e. The summed E-state index contributed by atoms with van der Waals surface area (Å²) in [4.78, 5) is 12.3. The smallest absolute Gasteiger partial charge is 0.224 e. The molecule has 0 radical (unpaired) electrons. The predicted molar refractivity (Wildman–Crippen MR) is 109 cm³/mol. The highest BCUT2D eigenvalue weighted by molar-refractivity contribution is 8.77. The molecule has 134 valence electrons. The van der Waals surface area contributed by atoms with Gasteiger partial charge in [0.1, 0.15) is 0 Å². The van der Waals surface area contributed by atoms with Gasteiger partial charge >= 0.3 is 0 Å². The Hall–Kier alpha value is -1.40. The van der Waals surface area contributed by atoms with Gasteiger partial charge in [0.25, 0.3) is 0 Å². The third kappa shape index (κ3) is 4.82. The summed E-state index contributed by atoms with van der Waals surface area (Å²) in [5.41, 5.74) is 3.68. The number of aromatic nitrogens is 2. The Morgan fingerprint density at radius 1 is 1.28 bits per heavy atom. The average molecular weight is 376 g/mol. The molecule has 1 unspecified atom stereocenters. The molecule has 1 fully saturated rings. The van der Waals surface area contributed by atoms with E-state index in [9.17, 15) is 4.79 Å². The zero-order valence-electron chi connectivity index (χ0n) is 14.8. The molecule has 0 aliphatic carbocycles. The van der Waals surface area contributed by atoms with Gasteiger partial charge in [-0.3, -0.25) is 4.79 Å². The monoisotopic (exact) mass is 375 g/mol. The summed E-state index contributed by atoms with van der Waals surface area (Å²) in [6.45, 7) is 3.94. The van der Waals surface area contributed by atoms with Crippen molar-refractivity contribution in [2.24, 2.45) is 0 Å². The first-order valence-corrected chi connectivity index (χ1v) is 11.2. The Labute approximate surface area is 157 Å². The van der Waals surface area contributed by atoms with Crippen molar-refractivity contribution in [2.45, 2.75) is 51.2 Å². The Kier molecular flexibility index (Phi) is 6.48. The normalized spacial score (nSPS) is 17.0. The fraction of sp³-hybridized carbons (Fsp3) is 0.474. The molecule has 1 atom stereocenters. The number of nitrogens with zero attached hydrogens (tertiary/aromatic N) is 2. The number of unbranched alkanes of at least 4 members (excludes halogenated alkanes) is 1. The second kappa shape index (κ2) is 8.81. The molecular weight excluding hydrogens is 350 g/mol. The highest BCUT2D eigenvalue weighted by Crippen LogP contribution is 2.39. The molecule has 1 amide bonds. The third-order valence-electron chi connectivity index (χ3n) is 4.46. The van der Waals surface area contributed by atoms with E-state index in [2.05, 4.69) is 10.4 Å². The van der Waals surface area contributed by atoms with Crippen molar-refractivity contribution in [1.82, 2.24) is 9.78 Å². The topological polar surface area (TPSA) is 46.9 Å². The number of benzene rings is 1. The van der Waals surface area contributed by atoms with Gasteiger partial charge in [-0.05, 0) is 45.2 Å². The number of carbonyl (C=O) groups excluding carboxylic acids is 1. The number of hydrogen-bond donors (Lipinski definition) is 1. The molecule has 6 heteroatoms. The van der Waals surface area contributed by atoms with Crippen molar-refractivity contribution in [3.63, 3.8) is 0 Å². The van der Waals surface area contributed by atoms with Crippen LogP contribution in [0.4, 0.5) is 5.69 Å². The summed E-state index contributed by atoms with van der Waals surface area (Å²) in [5.74, 6) is 1.37. The van der Waals surface area contributed by atoms with E-state index in [-0.39, 0.29) is 5.91 Å². The first-order valence-electron chi connectivity index (χ1n) is 8.85. The first kappa shape index (κ1) is 18.4. The van der Waals surface area contributed by atoms with Crippen molar-refractivity contribution in [3.05, 3.63) is 41.7 Å². The highest BCUT2D eigenvalue weighted by Gasteiger charge is 2.17. The molecule has 0 saturated carbocycles. The maximum absolute atomic E-state index is 12.3. The zero-order chi connectivity index (χ0) is 17.6.